The van der Waals surface area contributed by atoms with Gasteiger partial charge in [-0.05, 0) is 12.8 Å². The summed E-state index contributed by atoms with van der Waals surface area (Å²) in [4.78, 5) is 9.91. The highest BCUT2D eigenvalue weighted by Crippen LogP contribution is 1.90. The van der Waals surface area contributed by atoms with Crippen molar-refractivity contribution in [1.29, 1.82) is 0 Å². The number of hydrogen-bond donors (Lipinski definition) is 1. The number of ether oxygens (including phenoxy) is 1. The van der Waals surface area contributed by atoms with Crippen molar-refractivity contribution in [2.45, 2.75) is 12.8 Å². The van der Waals surface area contributed by atoms with E-state index in [0.717, 1.165) is 18.9 Å². The van der Waals surface area contributed by atoms with Crippen molar-refractivity contribution in [3.05, 3.63) is 12.2 Å². The van der Waals surface area contributed by atoms with Gasteiger partial charge in [0.05, 0.1) is 0 Å². The molecule has 0 aromatic heterocycles. The molecule has 0 aliphatic heterocycles. The molecule has 58 valence electrons. The number of allylic oxidation sites excluding steroid dienone is 1. The monoisotopic (exact) mass is 144 g/mol. The molecule has 0 fully saturated rings. The molecule has 10 heavy (non-hydrogen) atoms. The first-order valence-electron chi connectivity index (χ1n) is 3.15. The molecule has 0 aliphatic carbocycles. The summed E-state index contributed by atoms with van der Waals surface area (Å²) in [6.07, 6.45) is 4.41. The van der Waals surface area contributed by atoms with Crippen LogP contribution >= 0.6 is 0 Å². The van der Waals surface area contributed by atoms with Crippen LogP contribution in [-0.4, -0.2) is 24.8 Å². The highest BCUT2D eigenvalue weighted by Gasteiger charge is 1.84. The Labute approximate surface area is 60.3 Å². The summed E-state index contributed by atoms with van der Waals surface area (Å²) in [5.41, 5.74) is 0. The van der Waals surface area contributed by atoms with Gasteiger partial charge < -0.3 is 9.84 Å². The molecule has 0 aromatic rings. The molecular weight excluding hydrogens is 132 g/mol. The number of unbranched alkanes of at least 4 members (excludes halogenated alkanes) is 1. The van der Waals surface area contributed by atoms with Gasteiger partial charge in [0, 0.05) is 19.8 Å². The molecule has 1 N–H and O–H groups in total. The van der Waals surface area contributed by atoms with Crippen LogP contribution in [0, 0.1) is 0 Å². The lowest BCUT2D eigenvalue weighted by Gasteiger charge is -1.91. The summed E-state index contributed by atoms with van der Waals surface area (Å²) in [7, 11) is 1.63. The van der Waals surface area contributed by atoms with E-state index < -0.39 is 5.97 Å². The Hall–Kier alpha value is -0.830. The number of hydrogen-bond acceptors (Lipinski definition) is 2. The normalized spacial score (nSPS) is 10.5. The Kier molecular flexibility index (Phi) is 5.77. The molecule has 3 heteroatoms. The van der Waals surface area contributed by atoms with E-state index in [1.807, 2.05) is 0 Å². The maximum Gasteiger partial charge on any atom is 0.327 e. The molecule has 0 heterocycles. The van der Waals surface area contributed by atoms with Gasteiger partial charge in [0.15, 0.2) is 0 Å². The number of methoxy groups -OCH3 is 1. The highest BCUT2D eigenvalue weighted by molar-refractivity contribution is 5.79. The molecule has 3 nitrogen and oxygen atoms in total. The minimum Gasteiger partial charge on any atom is -0.478 e. The van der Waals surface area contributed by atoms with Crippen molar-refractivity contribution >= 4 is 5.97 Å². The topological polar surface area (TPSA) is 46.5 Å². The van der Waals surface area contributed by atoms with E-state index in [2.05, 4.69) is 0 Å². The van der Waals surface area contributed by atoms with Gasteiger partial charge in [0.2, 0.25) is 0 Å². The molecule has 0 saturated heterocycles. The van der Waals surface area contributed by atoms with Crippen LogP contribution in [0.5, 0.6) is 0 Å². The second-order valence-electron chi connectivity index (χ2n) is 1.88. The van der Waals surface area contributed by atoms with Crippen molar-refractivity contribution in [3.8, 4) is 0 Å². The molecule has 0 atom stereocenters. The van der Waals surface area contributed by atoms with Crippen LogP contribution < -0.4 is 0 Å². The van der Waals surface area contributed by atoms with E-state index in [1.54, 1.807) is 13.2 Å². The molecule has 0 saturated carbocycles. The number of carboxylic acids is 1. The average Bonchev–Trinajstić information content (AvgIpc) is 1.87. The Morgan fingerprint density at radius 2 is 2.40 bits per heavy atom. The molecule has 0 aliphatic rings. The standard InChI is InChI=1S/C7H12O3/c1-10-6-4-2-3-5-7(8)9/h3,5H,2,4,6H2,1H3,(H,8,9)/b5-3-. The van der Waals surface area contributed by atoms with Crippen LogP contribution in [0.25, 0.3) is 0 Å². The molecule has 0 unspecified atom stereocenters. The summed E-state index contributed by atoms with van der Waals surface area (Å²) in [6, 6.07) is 0. The lowest BCUT2D eigenvalue weighted by molar-refractivity contribution is -0.131. The zero-order valence-electron chi connectivity index (χ0n) is 6.04. The maximum absolute atomic E-state index is 9.91. The summed E-state index contributed by atoms with van der Waals surface area (Å²) in [5.74, 6) is -0.891. The first-order valence-corrected chi connectivity index (χ1v) is 3.15. The molecule has 0 aromatic carbocycles. The summed E-state index contributed by atoms with van der Waals surface area (Å²) < 4.78 is 4.77. The van der Waals surface area contributed by atoms with Crippen LogP contribution in [0.15, 0.2) is 12.2 Å². The minimum atomic E-state index is -0.891. The lowest BCUT2D eigenvalue weighted by Crippen LogP contribution is -1.88. The van der Waals surface area contributed by atoms with E-state index in [-0.39, 0.29) is 0 Å². The molecule has 0 bridgehead atoms. The average molecular weight is 144 g/mol. The third kappa shape index (κ3) is 7.17. The smallest absolute Gasteiger partial charge is 0.327 e. The predicted molar refractivity (Wildman–Crippen MR) is 37.9 cm³/mol. The van der Waals surface area contributed by atoms with Crippen LogP contribution in [0.1, 0.15) is 12.8 Å². The fraction of sp³-hybridized carbons (Fsp3) is 0.571. The van der Waals surface area contributed by atoms with E-state index >= 15 is 0 Å². The second kappa shape index (κ2) is 6.29. The SMILES string of the molecule is COCCC/C=C\C(=O)O. The summed E-state index contributed by atoms with van der Waals surface area (Å²) in [6.45, 7) is 0.684. The third-order valence-corrected chi connectivity index (χ3v) is 0.980. The summed E-state index contributed by atoms with van der Waals surface area (Å²) in [5, 5.41) is 8.15. The number of carboxylic acid groups (broad SMARTS) is 1. The van der Waals surface area contributed by atoms with Gasteiger partial charge in [0.1, 0.15) is 0 Å². The highest BCUT2D eigenvalue weighted by atomic mass is 16.5. The zero-order valence-corrected chi connectivity index (χ0v) is 6.04. The number of rotatable bonds is 5. The predicted octanol–water partition coefficient (Wildman–Crippen LogP) is 1.05. The van der Waals surface area contributed by atoms with Crippen LogP contribution in [0.4, 0.5) is 0 Å². The van der Waals surface area contributed by atoms with E-state index in [0.29, 0.717) is 6.61 Å². The Balaban J connectivity index is 3.10. The number of aliphatic carboxylic acids is 1. The van der Waals surface area contributed by atoms with E-state index in [4.69, 9.17) is 9.84 Å². The number of carbonyl (C=O) groups is 1. The van der Waals surface area contributed by atoms with Gasteiger partial charge in [-0.15, -0.1) is 0 Å². The van der Waals surface area contributed by atoms with Crippen molar-refractivity contribution < 1.29 is 14.6 Å². The van der Waals surface area contributed by atoms with Crippen LogP contribution in [-0.2, 0) is 9.53 Å². The fourth-order valence-electron chi connectivity index (χ4n) is 0.530. The first kappa shape index (κ1) is 9.17. The fourth-order valence-corrected chi connectivity index (χ4v) is 0.530. The first-order chi connectivity index (χ1) is 4.77. The zero-order chi connectivity index (χ0) is 7.82. The molecule has 0 amide bonds. The van der Waals surface area contributed by atoms with Gasteiger partial charge in [-0.3, -0.25) is 0 Å². The van der Waals surface area contributed by atoms with Gasteiger partial charge in [-0.2, -0.15) is 0 Å². The molecule has 0 spiro atoms. The minimum absolute atomic E-state index is 0.684. The Bertz CT molecular complexity index is 118. The van der Waals surface area contributed by atoms with Crippen molar-refractivity contribution in [1.82, 2.24) is 0 Å². The maximum atomic E-state index is 9.91. The van der Waals surface area contributed by atoms with Gasteiger partial charge in [-0.1, -0.05) is 6.08 Å². The second-order valence-corrected chi connectivity index (χ2v) is 1.88. The van der Waals surface area contributed by atoms with Crippen molar-refractivity contribution in [2.24, 2.45) is 0 Å². The molecular formula is C7H12O3. The third-order valence-electron chi connectivity index (χ3n) is 0.980. The van der Waals surface area contributed by atoms with Crippen LogP contribution in [0.2, 0.25) is 0 Å². The van der Waals surface area contributed by atoms with Crippen molar-refractivity contribution in [3.63, 3.8) is 0 Å². The van der Waals surface area contributed by atoms with E-state index in [9.17, 15) is 4.79 Å². The largest absolute Gasteiger partial charge is 0.478 e. The van der Waals surface area contributed by atoms with Gasteiger partial charge in [-0.25, -0.2) is 4.79 Å². The van der Waals surface area contributed by atoms with Gasteiger partial charge >= 0.3 is 5.97 Å². The molecule has 0 radical (unpaired) electrons. The Morgan fingerprint density at radius 3 is 2.90 bits per heavy atom. The molecule has 0 rings (SSSR count). The van der Waals surface area contributed by atoms with E-state index in [1.165, 1.54) is 0 Å². The Morgan fingerprint density at radius 1 is 1.70 bits per heavy atom. The van der Waals surface area contributed by atoms with Crippen LogP contribution in [0.3, 0.4) is 0 Å². The van der Waals surface area contributed by atoms with Gasteiger partial charge in [0.25, 0.3) is 0 Å². The van der Waals surface area contributed by atoms with Crippen molar-refractivity contribution in [2.75, 3.05) is 13.7 Å². The summed E-state index contributed by atoms with van der Waals surface area (Å²) >= 11 is 0. The quantitative estimate of drug-likeness (QED) is 0.463. The lowest BCUT2D eigenvalue weighted by atomic mass is 10.3.